The zero-order valence-corrected chi connectivity index (χ0v) is 12.9. The largest absolute Gasteiger partial charge is 0.480 e. The summed E-state index contributed by atoms with van der Waals surface area (Å²) >= 11 is 0. The minimum atomic E-state index is -0.858. The van der Waals surface area contributed by atoms with Crippen molar-refractivity contribution in [1.29, 1.82) is 0 Å². The highest BCUT2D eigenvalue weighted by Crippen LogP contribution is 2.06. The first-order valence-electron chi connectivity index (χ1n) is 6.95. The summed E-state index contributed by atoms with van der Waals surface area (Å²) in [6.07, 6.45) is 0.731. The molecule has 0 saturated carbocycles. The van der Waals surface area contributed by atoms with Gasteiger partial charge in [0.1, 0.15) is 6.54 Å². The fourth-order valence-corrected chi connectivity index (χ4v) is 2.16. The molecule has 0 aromatic heterocycles. The molecule has 1 N–H and O–H groups in total. The van der Waals surface area contributed by atoms with Crippen molar-refractivity contribution < 1.29 is 19.5 Å². The molecule has 0 bridgehead atoms. The third-order valence-electron chi connectivity index (χ3n) is 3.42. The molecule has 0 atom stereocenters. The minimum Gasteiger partial charge on any atom is -0.480 e. The van der Waals surface area contributed by atoms with Gasteiger partial charge in [0.05, 0.1) is 6.54 Å². The lowest BCUT2D eigenvalue weighted by molar-refractivity contribution is -0.138. The van der Waals surface area contributed by atoms with E-state index in [1.807, 2.05) is 4.90 Å². The molecule has 120 valence electrons. The Morgan fingerprint density at radius 1 is 1.05 bits per heavy atom. The summed E-state index contributed by atoms with van der Waals surface area (Å²) in [6, 6.07) is -0.192. The second-order valence-electron chi connectivity index (χ2n) is 5.44. The second-order valence-corrected chi connectivity index (χ2v) is 5.44. The van der Waals surface area contributed by atoms with Crippen molar-refractivity contribution in [2.45, 2.75) is 6.42 Å². The average Bonchev–Trinajstić information content (AvgIpc) is 2.62. The van der Waals surface area contributed by atoms with Crippen LogP contribution in [0.5, 0.6) is 0 Å². The molecule has 1 aliphatic heterocycles. The monoisotopic (exact) mass is 300 g/mol. The van der Waals surface area contributed by atoms with Gasteiger partial charge in [-0.3, -0.25) is 14.5 Å². The Labute approximate surface area is 124 Å². The topological polar surface area (TPSA) is 84.4 Å². The number of hydrogen-bond donors (Lipinski definition) is 1. The highest BCUT2D eigenvalue weighted by molar-refractivity contribution is 5.83. The second kappa shape index (κ2) is 7.82. The summed E-state index contributed by atoms with van der Waals surface area (Å²) < 4.78 is 0. The molecule has 0 unspecified atom stereocenters. The summed E-state index contributed by atoms with van der Waals surface area (Å²) in [5, 5.41) is 8.80. The zero-order valence-electron chi connectivity index (χ0n) is 12.9. The van der Waals surface area contributed by atoms with Crippen molar-refractivity contribution >= 4 is 17.9 Å². The van der Waals surface area contributed by atoms with Crippen LogP contribution in [0.1, 0.15) is 6.42 Å². The first kappa shape index (κ1) is 17.2. The molecule has 0 spiro atoms. The molecule has 1 aliphatic rings. The standard InChI is InChI=1S/C13H24N4O4/c1-14(2)11(18)9-15(3)13(21)17-6-4-5-16(7-8-17)10-12(19)20/h4-10H2,1-3H3,(H,19,20). The van der Waals surface area contributed by atoms with Crippen molar-refractivity contribution in [2.75, 3.05) is 60.4 Å². The Bertz CT molecular complexity index is 400. The van der Waals surface area contributed by atoms with Crippen LogP contribution in [0.15, 0.2) is 0 Å². The number of hydrogen-bond acceptors (Lipinski definition) is 4. The van der Waals surface area contributed by atoms with Gasteiger partial charge in [-0.05, 0) is 6.42 Å². The van der Waals surface area contributed by atoms with E-state index in [0.717, 1.165) is 6.42 Å². The van der Waals surface area contributed by atoms with Crippen LogP contribution in [-0.2, 0) is 9.59 Å². The number of aliphatic carboxylic acids is 1. The van der Waals surface area contributed by atoms with E-state index in [1.165, 1.54) is 9.80 Å². The van der Waals surface area contributed by atoms with E-state index in [4.69, 9.17) is 5.11 Å². The molecule has 21 heavy (non-hydrogen) atoms. The molecule has 8 nitrogen and oxygen atoms in total. The van der Waals surface area contributed by atoms with Gasteiger partial charge in [0.15, 0.2) is 0 Å². The Hall–Kier alpha value is -1.83. The lowest BCUT2D eigenvalue weighted by atomic mass is 10.4. The number of nitrogens with zero attached hydrogens (tertiary/aromatic N) is 4. The Kier molecular flexibility index (Phi) is 6.41. The molecule has 1 saturated heterocycles. The van der Waals surface area contributed by atoms with Crippen molar-refractivity contribution in [1.82, 2.24) is 19.6 Å². The average molecular weight is 300 g/mol. The Morgan fingerprint density at radius 3 is 2.29 bits per heavy atom. The number of likely N-dealkylation sites (N-methyl/N-ethyl adjacent to an activating group) is 2. The first-order valence-corrected chi connectivity index (χ1v) is 6.95. The molecule has 0 aliphatic carbocycles. The van der Waals surface area contributed by atoms with Gasteiger partial charge in [-0.2, -0.15) is 0 Å². The Balaban J connectivity index is 2.51. The van der Waals surface area contributed by atoms with Crippen LogP contribution < -0.4 is 0 Å². The zero-order chi connectivity index (χ0) is 16.0. The van der Waals surface area contributed by atoms with Gasteiger partial charge in [0, 0.05) is 47.3 Å². The van der Waals surface area contributed by atoms with Crippen molar-refractivity contribution in [3.8, 4) is 0 Å². The molecular formula is C13H24N4O4. The van der Waals surface area contributed by atoms with Crippen LogP contribution in [0.3, 0.4) is 0 Å². The molecule has 1 rings (SSSR count). The summed E-state index contributed by atoms with van der Waals surface area (Å²) in [7, 11) is 4.90. The van der Waals surface area contributed by atoms with Gasteiger partial charge >= 0.3 is 12.0 Å². The maximum atomic E-state index is 12.3. The van der Waals surface area contributed by atoms with E-state index in [-0.39, 0.29) is 25.0 Å². The number of urea groups is 1. The summed E-state index contributed by atoms with van der Waals surface area (Å²) in [4.78, 5) is 41.0. The lowest BCUT2D eigenvalue weighted by Crippen LogP contribution is -2.46. The number of carbonyl (C=O) groups excluding carboxylic acids is 2. The van der Waals surface area contributed by atoms with Gasteiger partial charge < -0.3 is 19.8 Å². The quantitative estimate of drug-likeness (QED) is 0.736. The van der Waals surface area contributed by atoms with Crippen molar-refractivity contribution in [3.05, 3.63) is 0 Å². The highest BCUT2D eigenvalue weighted by atomic mass is 16.4. The SMILES string of the molecule is CN(C)C(=O)CN(C)C(=O)N1CCCN(CC(=O)O)CC1. The Morgan fingerprint density at radius 2 is 1.71 bits per heavy atom. The molecule has 0 aromatic carbocycles. The number of carboxylic acid groups (broad SMARTS) is 1. The first-order chi connectivity index (χ1) is 9.81. The van der Waals surface area contributed by atoms with E-state index in [0.29, 0.717) is 26.2 Å². The van der Waals surface area contributed by atoms with Crippen LogP contribution in [0.25, 0.3) is 0 Å². The van der Waals surface area contributed by atoms with E-state index < -0.39 is 5.97 Å². The molecule has 1 fully saturated rings. The minimum absolute atomic E-state index is 0.00299. The maximum Gasteiger partial charge on any atom is 0.320 e. The molecule has 0 radical (unpaired) electrons. The summed E-state index contributed by atoms with van der Waals surface area (Å²) in [5.41, 5.74) is 0. The predicted molar refractivity (Wildman–Crippen MR) is 77.0 cm³/mol. The van der Waals surface area contributed by atoms with Gasteiger partial charge in [-0.15, -0.1) is 0 Å². The van der Waals surface area contributed by atoms with Crippen LogP contribution in [-0.4, -0.2) is 103 Å². The number of rotatable bonds is 4. The van der Waals surface area contributed by atoms with E-state index in [9.17, 15) is 14.4 Å². The van der Waals surface area contributed by atoms with Gasteiger partial charge in [-0.1, -0.05) is 0 Å². The molecular weight excluding hydrogens is 276 g/mol. The number of carbonyl (C=O) groups is 3. The highest BCUT2D eigenvalue weighted by Gasteiger charge is 2.23. The number of amides is 3. The van der Waals surface area contributed by atoms with Gasteiger partial charge in [0.2, 0.25) is 5.91 Å². The fourth-order valence-electron chi connectivity index (χ4n) is 2.16. The van der Waals surface area contributed by atoms with Gasteiger partial charge in [-0.25, -0.2) is 4.79 Å². The lowest BCUT2D eigenvalue weighted by Gasteiger charge is -2.27. The van der Waals surface area contributed by atoms with Crippen molar-refractivity contribution in [2.24, 2.45) is 0 Å². The molecule has 8 heteroatoms. The maximum absolute atomic E-state index is 12.3. The van der Waals surface area contributed by atoms with E-state index in [2.05, 4.69) is 0 Å². The van der Waals surface area contributed by atoms with Crippen LogP contribution in [0.2, 0.25) is 0 Å². The number of carboxylic acids is 1. The van der Waals surface area contributed by atoms with Gasteiger partial charge in [0.25, 0.3) is 0 Å². The van der Waals surface area contributed by atoms with Crippen LogP contribution in [0.4, 0.5) is 4.79 Å². The normalized spacial score (nSPS) is 16.2. The van der Waals surface area contributed by atoms with E-state index >= 15 is 0 Å². The molecule has 3 amide bonds. The third kappa shape index (κ3) is 5.58. The summed E-state index contributed by atoms with van der Waals surface area (Å²) in [5.74, 6) is -0.989. The summed E-state index contributed by atoms with van der Waals surface area (Å²) in [6.45, 7) is 2.30. The van der Waals surface area contributed by atoms with E-state index in [1.54, 1.807) is 26.0 Å². The van der Waals surface area contributed by atoms with Crippen LogP contribution >= 0.6 is 0 Å². The molecule has 0 aromatic rings. The van der Waals surface area contributed by atoms with Crippen molar-refractivity contribution in [3.63, 3.8) is 0 Å². The smallest absolute Gasteiger partial charge is 0.320 e. The predicted octanol–water partition coefficient (Wildman–Crippen LogP) is -0.781. The van der Waals surface area contributed by atoms with Crippen LogP contribution in [0, 0.1) is 0 Å². The fraction of sp³-hybridized carbons (Fsp3) is 0.769. The molecule has 1 heterocycles. The third-order valence-corrected chi connectivity index (χ3v) is 3.42.